The lowest BCUT2D eigenvalue weighted by Gasteiger charge is -2.09. The summed E-state index contributed by atoms with van der Waals surface area (Å²) < 4.78 is 0. The van der Waals surface area contributed by atoms with E-state index in [1.807, 2.05) is 140 Å². The molecule has 8 nitrogen and oxygen atoms in total. The molecule has 0 aliphatic carbocycles. The lowest BCUT2D eigenvalue weighted by Crippen LogP contribution is -2.25. The van der Waals surface area contributed by atoms with E-state index in [0.29, 0.717) is 13.1 Å². The number of hydrogen-bond acceptors (Lipinski definition) is 6. The van der Waals surface area contributed by atoms with Crippen molar-refractivity contribution < 1.29 is 9.59 Å². The van der Waals surface area contributed by atoms with E-state index >= 15 is 0 Å². The van der Waals surface area contributed by atoms with Crippen LogP contribution in [0.15, 0.2) is 146 Å². The molecule has 0 saturated carbocycles. The van der Waals surface area contributed by atoms with Gasteiger partial charge in [-0.15, -0.1) is 0 Å². The summed E-state index contributed by atoms with van der Waals surface area (Å²) in [6, 6.07) is 44.7. The highest BCUT2D eigenvalue weighted by Gasteiger charge is 2.15. The number of benzene rings is 5. The molecule has 0 atom stereocenters. The third kappa shape index (κ3) is 7.43. The van der Waals surface area contributed by atoms with Gasteiger partial charge < -0.3 is 10.6 Å². The third-order valence-corrected chi connectivity index (χ3v) is 7.14. The van der Waals surface area contributed by atoms with Gasteiger partial charge in [-0.2, -0.15) is 0 Å². The normalized spacial score (nSPS) is 10.5. The summed E-state index contributed by atoms with van der Waals surface area (Å²) in [5.74, 6) is -0.172. The van der Waals surface area contributed by atoms with E-state index in [1.54, 1.807) is 6.20 Å². The van der Waals surface area contributed by atoms with Crippen LogP contribution in [0.2, 0.25) is 0 Å². The van der Waals surface area contributed by atoms with E-state index in [2.05, 4.69) is 30.6 Å². The van der Waals surface area contributed by atoms with Crippen molar-refractivity contribution in [3.05, 3.63) is 168 Å². The molecule has 2 amide bonds. The lowest BCUT2D eigenvalue weighted by atomic mass is 10.1. The van der Waals surface area contributed by atoms with Gasteiger partial charge in [-0.3, -0.25) is 9.59 Å². The molecule has 2 heterocycles. The zero-order valence-electron chi connectivity index (χ0n) is 24.9. The standard InChI is InChI=1S/C22H17N3O.C16H13N3O/c26-22(23-15-16-9-3-1-4-10-16)21-24-19-14-8-7-13-18(19)20(25-21)17-11-5-2-6-12-17;20-16(18-10-12-6-2-1-3-7-12)15-17-11-13-8-4-5-9-14(13)19-15/h1-14H,15H2,(H,23,26);1-9,11H,10H2,(H,18,20). The van der Waals surface area contributed by atoms with E-state index in [0.717, 1.165) is 44.2 Å². The predicted octanol–water partition coefficient (Wildman–Crippen LogP) is 6.79. The van der Waals surface area contributed by atoms with Crippen LogP contribution in [0.3, 0.4) is 0 Å². The number of hydrogen-bond donors (Lipinski definition) is 2. The molecule has 0 bridgehead atoms. The molecule has 2 N–H and O–H groups in total. The fourth-order valence-corrected chi connectivity index (χ4v) is 4.79. The minimum absolute atomic E-state index is 0.179. The Morgan fingerprint density at radius 1 is 0.500 bits per heavy atom. The summed E-state index contributed by atoms with van der Waals surface area (Å²) in [7, 11) is 0. The van der Waals surface area contributed by atoms with Crippen molar-refractivity contribution in [2.24, 2.45) is 0 Å². The van der Waals surface area contributed by atoms with Crippen molar-refractivity contribution in [3.63, 3.8) is 0 Å². The number of rotatable bonds is 7. The first-order chi connectivity index (χ1) is 22.6. The Kier molecular flexibility index (Phi) is 9.36. The first-order valence-electron chi connectivity index (χ1n) is 14.8. The van der Waals surface area contributed by atoms with Crippen LogP contribution >= 0.6 is 0 Å². The number of carbonyl (C=O) groups is 2. The quantitative estimate of drug-likeness (QED) is 0.208. The maximum absolute atomic E-state index is 12.6. The molecule has 0 unspecified atom stereocenters. The molecule has 0 radical (unpaired) electrons. The van der Waals surface area contributed by atoms with Crippen LogP contribution in [0.4, 0.5) is 0 Å². The highest BCUT2D eigenvalue weighted by Crippen LogP contribution is 2.25. The minimum Gasteiger partial charge on any atom is -0.345 e. The van der Waals surface area contributed by atoms with Crippen molar-refractivity contribution >= 4 is 33.6 Å². The summed E-state index contributed by atoms with van der Waals surface area (Å²) in [4.78, 5) is 42.0. The largest absolute Gasteiger partial charge is 0.345 e. The van der Waals surface area contributed by atoms with Gasteiger partial charge in [0.05, 0.1) is 16.7 Å². The van der Waals surface area contributed by atoms with Crippen LogP contribution in [-0.2, 0) is 13.1 Å². The van der Waals surface area contributed by atoms with Gasteiger partial charge in [0.2, 0.25) is 11.6 Å². The van der Waals surface area contributed by atoms with Crippen LogP contribution in [0, 0.1) is 0 Å². The van der Waals surface area contributed by atoms with E-state index in [4.69, 9.17) is 0 Å². The van der Waals surface area contributed by atoms with Crippen molar-refractivity contribution in [2.45, 2.75) is 13.1 Å². The lowest BCUT2D eigenvalue weighted by molar-refractivity contribution is 0.0933. The monoisotopic (exact) mass is 602 g/mol. The van der Waals surface area contributed by atoms with E-state index in [-0.39, 0.29) is 23.5 Å². The maximum atomic E-state index is 12.6. The predicted molar refractivity (Wildman–Crippen MR) is 180 cm³/mol. The molecule has 8 heteroatoms. The molecule has 0 aliphatic rings. The van der Waals surface area contributed by atoms with E-state index in [9.17, 15) is 9.59 Å². The minimum atomic E-state index is -0.281. The second kappa shape index (κ2) is 14.5. The van der Waals surface area contributed by atoms with Crippen LogP contribution in [0.1, 0.15) is 32.4 Å². The van der Waals surface area contributed by atoms with Gasteiger partial charge in [0.25, 0.3) is 11.8 Å². The molecule has 0 spiro atoms. The number of amides is 2. The molecule has 0 aliphatic heterocycles. The van der Waals surface area contributed by atoms with Crippen molar-refractivity contribution in [1.82, 2.24) is 30.6 Å². The van der Waals surface area contributed by atoms with Crippen LogP contribution in [0.5, 0.6) is 0 Å². The number of para-hydroxylation sites is 2. The summed E-state index contributed by atoms with van der Waals surface area (Å²) in [5.41, 5.74) is 5.33. The van der Waals surface area contributed by atoms with Gasteiger partial charge in [-0.25, -0.2) is 19.9 Å². The molecular formula is C38H30N6O2. The first kappa shape index (κ1) is 29.8. The topological polar surface area (TPSA) is 110 Å². The Bertz CT molecular complexity index is 2090. The SMILES string of the molecule is O=C(NCc1ccccc1)c1nc(-c2ccccc2)c2ccccc2n1.O=C(NCc1ccccc1)c1ncc2ccccc2n1. The van der Waals surface area contributed by atoms with Gasteiger partial charge in [-0.1, -0.05) is 127 Å². The number of aromatic nitrogens is 4. The average molecular weight is 603 g/mol. The van der Waals surface area contributed by atoms with Gasteiger partial charge in [0.1, 0.15) is 0 Å². The third-order valence-electron chi connectivity index (χ3n) is 7.14. The Hall–Kier alpha value is -6.28. The second-order valence-corrected chi connectivity index (χ2v) is 10.4. The maximum Gasteiger partial charge on any atom is 0.289 e. The van der Waals surface area contributed by atoms with Crippen LogP contribution in [-0.4, -0.2) is 31.8 Å². The number of nitrogens with one attached hydrogen (secondary N) is 2. The molecular weight excluding hydrogens is 572 g/mol. The molecule has 2 aromatic heterocycles. The van der Waals surface area contributed by atoms with Crippen molar-refractivity contribution in [3.8, 4) is 11.3 Å². The van der Waals surface area contributed by atoms with Crippen LogP contribution in [0.25, 0.3) is 33.1 Å². The Morgan fingerprint density at radius 3 is 1.65 bits per heavy atom. The molecule has 5 aromatic carbocycles. The van der Waals surface area contributed by atoms with Crippen molar-refractivity contribution in [1.29, 1.82) is 0 Å². The molecule has 224 valence electrons. The smallest absolute Gasteiger partial charge is 0.289 e. The zero-order chi connectivity index (χ0) is 31.6. The molecule has 7 aromatic rings. The van der Waals surface area contributed by atoms with Gasteiger partial charge in [-0.05, 0) is 23.3 Å². The van der Waals surface area contributed by atoms with Gasteiger partial charge in [0, 0.05) is 35.6 Å². The molecule has 46 heavy (non-hydrogen) atoms. The van der Waals surface area contributed by atoms with E-state index < -0.39 is 0 Å². The Morgan fingerprint density at radius 2 is 1.00 bits per heavy atom. The van der Waals surface area contributed by atoms with Crippen LogP contribution < -0.4 is 10.6 Å². The fourth-order valence-electron chi connectivity index (χ4n) is 4.79. The number of carbonyl (C=O) groups excluding carboxylic acids is 2. The molecule has 0 saturated heterocycles. The van der Waals surface area contributed by atoms with Crippen molar-refractivity contribution in [2.75, 3.05) is 0 Å². The number of fused-ring (bicyclic) bond motifs is 2. The highest BCUT2D eigenvalue weighted by atomic mass is 16.2. The molecule has 0 fully saturated rings. The highest BCUT2D eigenvalue weighted by molar-refractivity contribution is 5.98. The zero-order valence-corrected chi connectivity index (χ0v) is 24.9. The fraction of sp³-hybridized carbons (Fsp3) is 0.0526. The Labute approximate surface area is 266 Å². The summed E-state index contributed by atoms with van der Waals surface area (Å²) in [5, 5.41) is 7.56. The Balaban J connectivity index is 0.000000167. The summed E-state index contributed by atoms with van der Waals surface area (Å²) >= 11 is 0. The van der Waals surface area contributed by atoms with E-state index in [1.165, 1.54) is 0 Å². The first-order valence-corrected chi connectivity index (χ1v) is 14.8. The number of nitrogens with zero attached hydrogens (tertiary/aromatic N) is 4. The van der Waals surface area contributed by atoms with Gasteiger partial charge in [0.15, 0.2) is 0 Å². The molecule has 7 rings (SSSR count). The van der Waals surface area contributed by atoms with Gasteiger partial charge >= 0.3 is 0 Å². The average Bonchev–Trinajstić information content (AvgIpc) is 3.13. The summed E-state index contributed by atoms with van der Waals surface area (Å²) in [6.45, 7) is 0.909. The summed E-state index contributed by atoms with van der Waals surface area (Å²) in [6.07, 6.45) is 1.67. The second-order valence-electron chi connectivity index (χ2n) is 10.4.